The van der Waals surface area contributed by atoms with Gasteiger partial charge in [-0.05, 0) is 18.2 Å². The molecule has 3 N–H and O–H groups in total. The summed E-state index contributed by atoms with van der Waals surface area (Å²) in [5, 5.41) is 12.5. The van der Waals surface area contributed by atoms with Crippen LogP contribution in [0.1, 0.15) is 16.7 Å². The number of aromatic nitrogens is 1. The van der Waals surface area contributed by atoms with Gasteiger partial charge in [0.15, 0.2) is 0 Å². The molecule has 3 nitrogen and oxygen atoms in total. The minimum atomic E-state index is -0.818. The van der Waals surface area contributed by atoms with E-state index in [1.54, 1.807) is 6.20 Å². The van der Waals surface area contributed by atoms with Gasteiger partial charge in [0.1, 0.15) is 5.82 Å². The lowest BCUT2D eigenvalue weighted by atomic mass is 10.0. The van der Waals surface area contributed by atoms with Crippen LogP contribution in [-0.4, -0.2) is 10.1 Å². The second-order valence-corrected chi connectivity index (χ2v) is 4.40. The molecule has 84 valence electrons. The summed E-state index contributed by atoms with van der Waals surface area (Å²) in [6.45, 7) is 0. The highest BCUT2D eigenvalue weighted by Crippen LogP contribution is 2.25. The van der Waals surface area contributed by atoms with Crippen LogP contribution in [0, 0.1) is 5.82 Å². The Hall–Kier alpha value is -1.46. The van der Waals surface area contributed by atoms with E-state index < -0.39 is 11.9 Å². The highest BCUT2D eigenvalue weighted by molar-refractivity contribution is 7.09. The lowest BCUT2D eigenvalue weighted by Crippen LogP contribution is -2.05. The number of aliphatic hydroxyl groups is 1. The largest absolute Gasteiger partial charge is 0.398 e. The Labute approximate surface area is 96.4 Å². The molecule has 1 atom stereocenters. The zero-order valence-corrected chi connectivity index (χ0v) is 9.25. The Morgan fingerprint density at radius 3 is 3.00 bits per heavy atom. The molecule has 1 aromatic carbocycles. The standard InChI is InChI=1S/C11H11FN2OS/c12-7-1-2-9(13)8(5-7)10(15)6-11-14-3-4-16-11/h1-5,10,15H,6,13H2. The van der Waals surface area contributed by atoms with Gasteiger partial charge in [-0.3, -0.25) is 0 Å². The van der Waals surface area contributed by atoms with E-state index in [2.05, 4.69) is 4.98 Å². The van der Waals surface area contributed by atoms with Crippen molar-refractivity contribution in [1.29, 1.82) is 0 Å². The number of aliphatic hydroxyl groups excluding tert-OH is 1. The zero-order chi connectivity index (χ0) is 11.5. The highest BCUT2D eigenvalue weighted by atomic mass is 32.1. The van der Waals surface area contributed by atoms with Crippen molar-refractivity contribution in [3.8, 4) is 0 Å². The number of thiazole rings is 1. The predicted octanol–water partition coefficient (Wildman–Crippen LogP) is 2.14. The number of halogens is 1. The molecule has 5 heteroatoms. The van der Waals surface area contributed by atoms with Gasteiger partial charge in [0.2, 0.25) is 0 Å². The summed E-state index contributed by atoms with van der Waals surface area (Å²) in [4.78, 5) is 4.06. The lowest BCUT2D eigenvalue weighted by molar-refractivity contribution is 0.178. The Morgan fingerprint density at radius 1 is 1.50 bits per heavy atom. The molecule has 0 radical (unpaired) electrons. The van der Waals surface area contributed by atoms with E-state index in [1.807, 2.05) is 5.38 Å². The van der Waals surface area contributed by atoms with Gasteiger partial charge < -0.3 is 10.8 Å². The Morgan fingerprint density at radius 2 is 2.31 bits per heavy atom. The topological polar surface area (TPSA) is 59.1 Å². The van der Waals surface area contributed by atoms with Gasteiger partial charge in [0.25, 0.3) is 0 Å². The highest BCUT2D eigenvalue weighted by Gasteiger charge is 2.13. The summed E-state index contributed by atoms with van der Waals surface area (Å²) in [7, 11) is 0. The number of nitrogen functional groups attached to an aromatic ring is 1. The normalized spacial score (nSPS) is 12.6. The number of hydrogen-bond acceptors (Lipinski definition) is 4. The number of nitrogens with zero attached hydrogens (tertiary/aromatic N) is 1. The summed E-state index contributed by atoms with van der Waals surface area (Å²) in [6.07, 6.45) is 1.20. The van der Waals surface area contributed by atoms with Gasteiger partial charge in [0, 0.05) is 29.2 Å². The van der Waals surface area contributed by atoms with E-state index in [-0.39, 0.29) is 0 Å². The van der Waals surface area contributed by atoms with Gasteiger partial charge in [-0.2, -0.15) is 0 Å². The lowest BCUT2D eigenvalue weighted by Gasteiger charge is -2.11. The number of rotatable bonds is 3. The van der Waals surface area contributed by atoms with Crippen molar-refractivity contribution in [2.24, 2.45) is 0 Å². The average molecular weight is 238 g/mol. The van der Waals surface area contributed by atoms with Crippen molar-refractivity contribution in [3.05, 3.63) is 46.2 Å². The van der Waals surface area contributed by atoms with Crippen LogP contribution in [0.2, 0.25) is 0 Å². The van der Waals surface area contributed by atoms with E-state index >= 15 is 0 Å². The Kier molecular flexibility index (Phi) is 3.17. The first-order valence-corrected chi connectivity index (χ1v) is 5.66. The Bertz CT molecular complexity index is 473. The summed E-state index contributed by atoms with van der Waals surface area (Å²) in [5.41, 5.74) is 6.48. The summed E-state index contributed by atoms with van der Waals surface area (Å²) < 4.78 is 13.0. The van der Waals surface area contributed by atoms with Crippen LogP contribution >= 0.6 is 11.3 Å². The molecule has 0 spiro atoms. The van der Waals surface area contributed by atoms with Crippen molar-refractivity contribution in [3.63, 3.8) is 0 Å². The first-order valence-electron chi connectivity index (χ1n) is 4.78. The van der Waals surface area contributed by atoms with E-state index in [0.717, 1.165) is 5.01 Å². The molecule has 0 saturated carbocycles. The SMILES string of the molecule is Nc1ccc(F)cc1C(O)Cc1nccs1. The van der Waals surface area contributed by atoms with Gasteiger partial charge in [0.05, 0.1) is 11.1 Å². The van der Waals surface area contributed by atoms with Gasteiger partial charge in [-0.15, -0.1) is 11.3 Å². The molecule has 0 aliphatic heterocycles. The fraction of sp³-hybridized carbons (Fsp3) is 0.182. The molecular formula is C11H11FN2OS. The summed E-state index contributed by atoms with van der Waals surface area (Å²) >= 11 is 1.45. The minimum Gasteiger partial charge on any atom is -0.398 e. The van der Waals surface area contributed by atoms with Crippen molar-refractivity contribution in [1.82, 2.24) is 4.98 Å². The molecule has 0 aliphatic rings. The van der Waals surface area contributed by atoms with E-state index in [4.69, 9.17) is 5.73 Å². The molecule has 1 heterocycles. The minimum absolute atomic E-state index is 0.352. The van der Waals surface area contributed by atoms with E-state index in [9.17, 15) is 9.50 Å². The average Bonchev–Trinajstić information content (AvgIpc) is 2.74. The molecule has 2 aromatic rings. The third-order valence-electron chi connectivity index (χ3n) is 2.26. The molecule has 0 amide bonds. The molecular weight excluding hydrogens is 227 g/mol. The maximum Gasteiger partial charge on any atom is 0.123 e. The van der Waals surface area contributed by atoms with Crippen LogP contribution in [0.3, 0.4) is 0 Å². The molecule has 1 aromatic heterocycles. The summed E-state index contributed by atoms with van der Waals surface area (Å²) in [6, 6.07) is 3.98. The molecule has 0 bridgehead atoms. The van der Waals surface area contributed by atoms with Crippen LogP contribution < -0.4 is 5.73 Å². The number of anilines is 1. The fourth-order valence-corrected chi connectivity index (χ4v) is 2.12. The molecule has 16 heavy (non-hydrogen) atoms. The zero-order valence-electron chi connectivity index (χ0n) is 8.43. The first-order chi connectivity index (χ1) is 7.66. The second-order valence-electron chi connectivity index (χ2n) is 3.42. The van der Waals surface area contributed by atoms with Crippen molar-refractivity contribution < 1.29 is 9.50 Å². The van der Waals surface area contributed by atoms with E-state index in [0.29, 0.717) is 17.7 Å². The van der Waals surface area contributed by atoms with Crippen molar-refractivity contribution >= 4 is 17.0 Å². The predicted molar refractivity (Wildman–Crippen MR) is 61.6 cm³/mol. The molecule has 0 aliphatic carbocycles. The quantitative estimate of drug-likeness (QED) is 0.805. The smallest absolute Gasteiger partial charge is 0.123 e. The molecule has 0 saturated heterocycles. The van der Waals surface area contributed by atoms with Crippen LogP contribution in [0.5, 0.6) is 0 Å². The van der Waals surface area contributed by atoms with Crippen molar-refractivity contribution in [2.75, 3.05) is 5.73 Å². The van der Waals surface area contributed by atoms with Crippen LogP contribution in [0.15, 0.2) is 29.8 Å². The first kappa shape index (κ1) is 11.0. The number of nitrogens with two attached hydrogens (primary N) is 1. The molecule has 0 fully saturated rings. The number of hydrogen-bond donors (Lipinski definition) is 2. The van der Waals surface area contributed by atoms with E-state index in [1.165, 1.54) is 29.5 Å². The Balaban J connectivity index is 2.20. The van der Waals surface area contributed by atoms with Crippen molar-refractivity contribution in [2.45, 2.75) is 12.5 Å². The summed E-state index contributed by atoms with van der Waals surface area (Å²) in [5.74, 6) is -0.401. The van der Waals surface area contributed by atoms with Gasteiger partial charge in [-0.25, -0.2) is 9.37 Å². The molecule has 1 unspecified atom stereocenters. The van der Waals surface area contributed by atoms with Gasteiger partial charge >= 0.3 is 0 Å². The molecule has 2 rings (SSSR count). The van der Waals surface area contributed by atoms with Crippen LogP contribution in [0.4, 0.5) is 10.1 Å². The second kappa shape index (κ2) is 4.59. The third-order valence-corrected chi connectivity index (χ3v) is 3.06. The maximum absolute atomic E-state index is 13.0. The maximum atomic E-state index is 13.0. The number of benzene rings is 1. The fourth-order valence-electron chi connectivity index (χ4n) is 1.46. The third kappa shape index (κ3) is 2.37. The monoisotopic (exact) mass is 238 g/mol. The van der Waals surface area contributed by atoms with Crippen LogP contribution in [0.25, 0.3) is 0 Å². The van der Waals surface area contributed by atoms with Gasteiger partial charge in [-0.1, -0.05) is 0 Å². The van der Waals surface area contributed by atoms with Crippen LogP contribution in [-0.2, 0) is 6.42 Å².